The molecule has 2 fully saturated rings. The van der Waals surface area contributed by atoms with Crippen LogP contribution >= 0.6 is 0 Å². The van der Waals surface area contributed by atoms with E-state index in [1.165, 1.54) is 44.9 Å². The van der Waals surface area contributed by atoms with Crippen LogP contribution in [0, 0.1) is 0 Å². The topological polar surface area (TPSA) is 23.5 Å². The van der Waals surface area contributed by atoms with Gasteiger partial charge in [-0.3, -0.25) is 4.90 Å². The largest absolute Gasteiger partial charge is 0.392 e. The van der Waals surface area contributed by atoms with Crippen molar-refractivity contribution in [2.75, 3.05) is 13.1 Å². The van der Waals surface area contributed by atoms with Gasteiger partial charge in [-0.2, -0.15) is 0 Å². The predicted molar refractivity (Wildman–Crippen MR) is 58.3 cm³/mol. The highest BCUT2D eigenvalue weighted by molar-refractivity contribution is 4.81. The molecule has 1 saturated carbocycles. The predicted octanol–water partition coefficient (Wildman–Crippen LogP) is 2.17. The number of β-amino-alcohol motifs (C(OH)–C–C–N with tert-alkyl or cyclic N) is 1. The summed E-state index contributed by atoms with van der Waals surface area (Å²) in [7, 11) is 0. The van der Waals surface area contributed by atoms with Crippen molar-refractivity contribution >= 4 is 0 Å². The van der Waals surface area contributed by atoms with Crippen molar-refractivity contribution < 1.29 is 5.11 Å². The van der Waals surface area contributed by atoms with Gasteiger partial charge in [-0.05, 0) is 19.3 Å². The van der Waals surface area contributed by atoms with Gasteiger partial charge in [0.05, 0.1) is 6.10 Å². The summed E-state index contributed by atoms with van der Waals surface area (Å²) in [6.07, 6.45) is 10.8. The normalized spacial score (nSPS) is 32.8. The monoisotopic (exact) mass is 197 g/mol. The molecule has 0 aromatic heterocycles. The minimum Gasteiger partial charge on any atom is -0.392 e. The van der Waals surface area contributed by atoms with Crippen molar-refractivity contribution in [1.82, 2.24) is 4.90 Å². The van der Waals surface area contributed by atoms with Crippen molar-refractivity contribution in [3.8, 4) is 0 Å². The maximum Gasteiger partial charge on any atom is 0.0679 e. The molecule has 1 atom stereocenters. The van der Waals surface area contributed by atoms with Gasteiger partial charge in [-0.25, -0.2) is 0 Å². The second-order valence-corrected chi connectivity index (χ2v) is 4.94. The summed E-state index contributed by atoms with van der Waals surface area (Å²) in [5.41, 5.74) is 0. The fraction of sp³-hybridized carbons (Fsp3) is 1.00. The van der Waals surface area contributed by atoms with Gasteiger partial charge in [0.1, 0.15) is 0 Å². The van der Waals surface area contributed by atoms with E-state index >= 15 is 0 Å². The van der Waals surface area contributed by atoms with Crippen LogP contribution in [0.3, 0.4) is 0 Å². The van der Waals surface area contributed by atoms with Gasteiger partial charge in [-0.1, -0.05) is 32.1 Å². The van der Waals surface area contributed by atoms with Crippen LogP contribution in [0.2, 0.25) is 0 Å². The minimum atomic E-state index is -0.0413. The van der Waals surface area contributed by atoms with E-state index < -0.39 is 0 Å². The van der Waals surface area contributed by atoms with Gasteiger partial charge in [0.15, 0.2) is 0 Å². The van der Waals surface area contributed by atoms with Crippen LogP contribution in [0.15, 0.2) is 0 Å². The molecule has 1 aliphatic heterocycles. The summed E-state index contributed by atoms with van der Waals surface area (Å²) in [6, 6.07) is 0.785. The molecule has 1 saturated heterocycles. The first kappa shape index (κ1) is 10.4. The molecule has 0 amide bonds. The Kier molecular flexibility index (Phi) is 3.82. The fourth-order valence-electron chi connectivity index (χ4n) is 2.90. The molecule has 1 N–H and O–H groups in total. The molecule has 1 heterocycles. The van der Waals surface area contributed by atoms with Gasteiger partial charge < -0.3 is 5.11 Å². The van der Waals surface area contributed by atoms with Gasteiger partial charge in [-0.15, -0.1) is 0 Å². The Morgan fingerprint density at radius 1 is 0.857 bits per heavy atom. The number of rotatable bonds is 1. The molecule has 0 bridgehead atoms. The molecule has 0 spiro atoms. The van der Waals surface area contributed by atoms with Crippen LogP contribution in [-0.2, 0) is 0 Å². The highest BCUT2D eigenvalue weighted by atomic mass is 16.3. The molecule has 82 valence electrons. The molecule has 0 radical (unpaired) electrons. The van der Waals surface area contributed by atoms with E-state index in [1.54, 1.807) is 0 Å². The van der Waals surface area contributed by atoms with Gasteiger partial charge in [0, 0.05) is 19.1 Å². The highest BCUT2D eigenvalue weighted by Gasteiger charge is 2.26. The third-order valence-electron chi connectivity index (χ3n) is 3.79. The lowest BCUT2D eigenvalue weighted by Gasteiger charge is -2.29. The van der Waals surface area contributed by atoms with Crippen molar-refractivity contribution in [2.45, 2.75) is 63.5 Å². The Morgan fingerprint density at radius 2 is 1.50 bits per heavy atom. The summed E-state index contributed by atoms with van der Waals surface area (Å²) in [5.74, 6) is 0. The standard InChI is InChI=1S/C12H23NO/c14-12-8-9-13(10-12)11-6-4-2-1-3-5-7-11/h11-12,14H,1-10H2/t12-/m1/s1. The van der Waals surface area contributed by atoms with Crippen LogP contribution in [0.25, 0.3) is 0 Å². The minimum absolute atomic E-state index is 0.0413. The SMILES string of the molecule is O[C@@H]1CCN(C2CCCCCCC2)C1. The molecule has 0 aromatic carbocycles. The second-order valence-electron chi connectivity index (χ2n) is 4.94. The van der Waals surface area contributed by atoms with E-state index in [0.29, 0.717) is 0 Å². The van der Waals surface area contributed by atoms with Crippen LogP contribution in [0.1, 0.15) is 51.4 Å². The molecule has 2 aliphatic rings. The van der Waals surface area contributed by atoms with Crippen molar-refractivity contribution in [1.29, 1.82) is 0 Å². The highest BCUT2D eigenvalue weighted by Crippen LogP contribution is 2.24. The van der Waals surface area contributed by atoms with Crippen LogP contribution in [0.4, 0.5) is 0 Å². The Bertz CT molecular complexity index is 164. The lowest BCUT2D eigenvalue weighted by molar-refractivity contribution is 0.147. The van der Waals surface area contributed by atoms with Gasteiger partial charge >= 0.3 is 0 Å². The molecular formula is C12H23NO. The van der Waals surface area contributed by atoms with Crippen LogP contribution in [0.5, 0.6) is 0 Å². The number of nitrogens with zero attached hydrogens (tertiary/aromatic N) is 1. The maximum absolute atomic E-state index is 9.51. The number of aliphatic hydroxyl groups excluding tert-OH is 1. The number of likely N-dealkylation sites (tertiary alicyclic amines) is 1. The molecule has 14 heavy (non-hydrogen) atoms. The zero-order chi connectivity index (χ0) is 9.80. The summed E-state index contributed by atoms with van der Waals surface area (Å²) >= 11 is 0. The number of hydrogen-bond donors (Lipinski definition) is 1. The van der Waals surface area contributed by atoms with E-state index in [1.807, 2.05) is 0 Å². The molecular weight excluding hydrogens is 174 g/mol. The lowest BCUT2D eigenvalue weighted by Crippen LogP contribution is -2.34. The van der Waals surface area contributed by atoms with Gasteiger partial charge in [0.2, 0.25) is 0 Å². The molecule has 0 aromatic rings. The molecule has 2 heteroatoms. The van der Waals surface area contributed by atoms with Crippen molar-refractivity contribution in [2.24, 2.45) is 0 Å². The van der Waals surface area contributed by atoms with E-state index in [-0.39, 0.29) is 6.10 Å². The second kappa shape index (κ2) is 5.13. The zero-order valence-electron chi connectivity index (χ0n) is 9.12. The van der Waals surface area contributed by atoms with Crippen molar-refractivity contribution in [3.63, 3.8) is 0 Å². The van der Waals surface area contributed by atoms with E-state index in [2.05, 4.69) is 4.90 Å². The van der Waals surface area contributed by atoms with Crippen molar-refractivity contribution in [3.05, 3.63) is 0 Å². The average molecular weight is 197 g/mol. The number of aliphatic hydroxyl groups is 1. The molecule has 2 rings (SSSR count). The zero-order valence-corrected chi connectivity index (χ0v) is 9.12. The summed E-state index contributed by atoms with van der Waals surface area (Å²) in [6.45, 7) is 2.07. The Hall–Kier alpha value is -0.0800. The lowest BCUT2D eigenvalue weighted by atomic mass is 9.96. The van der Waals surface area contributed by atoms with Crippen LogP contribution < -0.4 is 0 Å². The van der Waals surface area contributed by atoms with E-state index in [0.717, 1.165) is 25.6 Å². The quantitative estimate of drug-likeness (QED) is 0.696. The fourth-order valence-corrected chi connectivity index (χ4v) is 2.90. The maximum atomic E-state index is 9.51. The Morgan fingerprint density at radius 3 is 2.07 bits per heavy atom. The van der Waals surface area contributed by atoms with Gasteiger partial charge in [0.25, 0.3) is 0 Å². The van der Waals surface area contributed by atoms with Crippen LogP contribution in [-0.4, -0.2) is 35.2 Å². The average Bonchev–Trinajstić information content (AvgIpc) is 2.51. The third kappa shape index (κ3) is 2.71. The molecule has 0 unspecified atom stereocenters. The summed E-state index contributed by atoms with van der Waals surface area (Å²) in [4.78, 5) is 2.52. The first-order chi connectivity index (χ1) is 6.86. The summed E-state index contributed by atoms with van der Waals surface area (Å²) in [5, 5.41) is 9.51. The summed E-state index contributed by atoms with van der Waals surface area (Å²) < 4.78 is 0. The molecule has 2 nitrogen and oxygen atoms in total. The third-order valence-corrected chi connectivity index (χ3v) is 3.79. The smallest absolute Gasteiger partial charge is 0.0679 e. The van der Waals surface area contributed by atoms with E-state index in [4.69, 9.17) is 0 Å². The Balaban J connectivity index is 1.81. The first-order valence-corrected chi connectivity index (χ1v) is 6.28. The first-order valence-electron chi connectivity index (χ1n) is 6.28. The van der Waals surface area contributed by atoms with E-state index in [9.17, 15) is 5.11 Å². The number of hydrogen-bond acceptors (Lipinski definition) is 2. The molecule has 1 aliphatic carbocycles. The Labute approximate surface area is 87.3 Å².